The summed E-state index contributed by atoms with van der Waals surface area (Å²) in [6.07, 6.45) is 5.27. The van der Waals surface area contributed by atoms with Gasteiger partial charge in [0.05, 0.1) is 24.7 Å². The molecule has 2 aromatic rings. The molecule has 0 aliphatic carbocycles. The van der Waals surface area contributed by atoms with Crippen LogP contribution >= 0.6 is 0 Å². The summed E-state index contributed by atoms with van der Waals surface area (Å²) in [6, 6.07) is 0. The number of aliphatic hydroxyl groups is 3. The van der Waals surface area contributed by atoms with E-state index in [0.717, 1.165) is 0 Å². The van der Waals surface area contributed by atoms with Crippen LogP contribution in [0.4, 0.5) is 5.82 Å². The molecule has 1 aliphatic heterocycles. The molecule has 2 aromatic heterocycles. The molecule has 9 nitrogen and oxygen atoms in total. The van der Waals surface area contributed by atoms with Crippen LogP contribution in [0.3, 0.4) is 0 Å². The molecule has 0 radical (unpaired) electrons. The van der Waals surface area contributed by atoms with Crippen LogP contribution < -0.4 is 5.48 Å². The van der Waals surface area contributed by atoms with Gasteiger partial charge in [-0.05, 0) is 6.92 Å². The van der Waals surface area contributed by atoms with Gasteiger partial charge in [-0.3, -0.25) is 4.84 Å². The third-order valence-corrected chi connectivity index (χ3v) is 4.15. The molecule has 24 heavy (non-hydrogen) atoms. The van der Waals surface area contributed by atoms with Crippen molar-refractivity contribution >= 4 is 16.9 Å². The van der Waals surface area contributed by atoms with Crippen molar-refractivity contribution in [2.45, 2.75) is 31.0 Å². The third kappa shape index (κ3) is 2.32. The zero-order chi connectivity index (χ0) is 17.5. The minimum Gasteiger partial charge on any atom is -0.394 e. The first-order valence-corrected chi connectivity index (χ1v) is 7.23. The molecular weight excluding hydrogens is 316 g/mol. The van der Waals surface area contributed by atoms with Crippen molar-refractivity contribution in [1.29, 1.82) is 0 Å². The minimum atomic E-state index is -1.65. The second-order valence-electron chi connectivity index (χ2n) is 5.70. The molecule has 0 spiro atoms. The van der Waals surface area contributed by atoms with Crippen LogP contribution in [0.25, 0.3) is 11.0 Å². The Labute approximate surface area is 137 Å². The van der Waals surface area contributed by atoms with Gasteiger partial charge in [-0.25, -0.2) is 15.4 Å². The molecule has 0 bridgehead atoms. The van der Waals surface area contributed by atoms with Gasteiger partial charge in [0.15, 0.2) is 12.0 Å². The van der Waals surface area contributed by atoms with E-state index in [4.69, 9.17) is 16.0 Å². The number of hydrogen-bond acceptors (Lipinski definition) is 8. The molecule has 0 amide bonds. The van der Waals surface area contributed by atoms with Gasteiger partial charge in [-0.15, -0.1) is 6.42 Å². The van der Waals surface area contributed by atoms with Gasteiger partial charge >= 0.3 is 0 Å². The van der Waals surface area contributed by atoms with E-state index in [0.29, 0.717) is 22.4 Å². The number of nitrogens with one attached hydrogen (secondary N) is 1. The van der Waals surface area contributed by atoms with Crippen LogP contribution in [0.2, 0.25) is 0 Å². The third-order valence-electron chi connectivity index (χ3n) is 4.15. The van der Waals surface area contributed by atoms with Crippen molar-refractivity contribution in [2.75, 3.05) is 19.2 Å². The smallest absolute Gasteiger partial charge is 0.167 e. The Morgan fingerprint density at radius 2 is 2.29 bits per heavy atom. The van der Waals surface area contributed by atoms with Gasteiger partial charge < -0.3 is 24.6 Å². The van der Waals surface area contributed by atoms with Gasteiger partial charge in [-0.2, -0.15) is 0 Å². The second kappa shape index (κ2) is 6.01. The van der Waals surface area contributed by atoms with Gasteiger partial charge in [0, 0.05) is 6.20 Å². The molecule has 4 atom stereocenters. The molecule has 4 N–H and O–H groups in total. The highest BCUT2D eigenvalue weighted by Crippen LogP contribution is 2.40. The van der Waals surface area contributed by atoms with E-state index in [1.54, 1.807) is 6.20 Å². The topological polar surface area (TPSA) is 122 Å². The lowest BCUT2D eigenvalue weighted by molar-refractivity contribution is -0.0948. The summed E-state index contributed by atoms with van der Waals surface area (Å²) in [5.74, 6) is 2.90. The van der Waals surface area contributed by atoms with E-state index in [9.17, 15) is 15.3 Å². The average molecular weight is 334 g/mol. The van der Waals surface area contributed by atoms with Crippen LogP contribution in [0.5, 0.6) is 0 Å². The van der Waals surface area contributed by atoms with Gasteiger partial charge in [0.2, 0.25) is 0 Å². The maximum atomic E-state index is 10.6. The maximum Gasteiger partial charge on any atom is 0.167 e. The SMILES string of the molecule is C#Cc1cn(C2OC(CO)C(O)C2(C)O)c2ncnc(NOC)c12. The Morgan fingerprint density at radius 3 is 2.88 bits per heavy atom. The summed E-state index contributed by atoms with van der Waals surface area (Å²) in [5.41, 5.74) is 1.84. The quantitative estimate of drug-likeness (QED) is 0.431. The van der Waals surface area contributed by atoms with Crippen molar-refractivity contribution in [3.05, 3.63) is 18.1 Å². The number of terminal acetylenes is 1. The van der Waals surface area contributed by atoms with Crippen LogP contribution in [-0.2, 0) is 9.57 Å². The van der Waals surface area contributed by atoms with Crippen LogP contribution in [0.15, 0.2) is 12.5 Å². The van der Waals surface area contributed by atoms with Gasteiger partial charge in [0.25, 0.3) is 0 Å². The molecule has 128 valence electrons. The molecule has 1 fully saturated rings. The second-order valence-corrected chi connectivity index (χ2v) is 5.70. The fourth-order valence-electron chi connectivity index (χ4n) is 2.94. The van der Waals surface area contributed by atoms with E-state index in [-0.39, 0.29) is 0 Å². The molecule has 3 heterocycles. The monoisotopic (exact) mass is 334 g/mol. The Bertz CT molecular complexity index is 797. The van der Waals surface area contributed by atoms with E-state index in [1.807, 2.05) is 0 Å². The maximum absolute atomic E-state index is 10.6. The number of nitrogens with zero attached hydrogens (tertiary/aromatic N) is 3. The van der Waals surface area contributed by atoms with Crippen molar-refractivity contribution in [2.24, 2.45) is 0 Å². The Balaban J connectivity index is 2.18. The zero-order valence-corrected chi connectivity index (χ0v) is 13.2. The van der Waals surface area contributed by atoms with E-state index in [2.05, 4.69) is 21.4 Å². The fourth-order valence-corrected chi connectivity index (χ4v) is 2.94. The number of rotatable bonds is 4. The molecule has 1 aliphatic rings. The molecule has 0 saturated carbocycles. The number of aliphatic hydroxyl groups excluding tert-OH is 2. The first-order valence-electron chi connectivity index (χ1n) is 7.23. The van der Waals surface area contributed by atoms with Gasteiger partial charge in [-0.1, -0.05) is 5.92 Å². The number of fused-ring (bicyclic) bond motifs is 1. The number of aromatic nitrogens is 3. The highest BCUT2D eigenvalue weighted by Gasteiger charge is 2.53. The van der Waals surface area contributed by atoms with Crippen molar-refractivity contribution in [3.8, 4) is 12.3 Å². The lowest BCUT2D eigenvalue weighted by atomic mass is 9.96. The molecule has 4 unspecified atom stereocenters. The minimum absolute atomic E-state index is 0.367. The van der Waals surface area contributed by atoms with Crippen molar-refractivity contribution < 1.29 is 24.9 Å². The fraction of sp³-hybridized carbons (Fsp3) is 0.467. The van der Waals surface area contributed by atoms with E-state index < -0.39 is 30.6 Å². The lowest BCUT2D eigenvalue weighted by Crippen LogP contribution is -2.44. The van der Waals surface area contributed by atoms with Crippen molar-refractivity contribution in [1.82, 2.24) is 14.5 Å². The molecule has 9 heteroatoms. The summed E-state index contributed by atoms with van der Waals surface area (Å²) < 4.78 is 7.14. The summed E-state index contributed by atoms with van der Waals surface area (Å²) in [6.45, 7) is 0.995. The molecule has 0 aromatic carbocycles. The standard InChI is InChI=1S/C15H18N4O5/c1-4-8-5-19(13-10(8)12(18-23-3)16-7-17-13)14-15(2,22)11(21)9(6-20)24-14/h1,5,7,9,11,14,20-22H,6H2,2-3H3,(H,16,17,18). The van der Waals surface area contributed by atoms with Crippen LogP contribution in [0.1, 0.15) is 18.7 Å². The van der Waals surface area contributed by atoms with Crippen LogP contribution in [-0.4, -0.2) is 61.4 Å². The Morgan fingerprint density at radius 1 is 1.54 bits per heavy atom. The Hall–Kier alpha value is -2.22. The number of ether oxygens (including phenoxy) is 1. The largest absolute Gasteiger partial charge is 0.394 e. The predicted octanol–water partition coefficient (Wildman–Crippen LogP) is -0.613. The number of anilines is 1. The van der Waals surface area contributed by atoms with Gasteiger partial charge in [0.1, 0.15) is 29.8 Å². The first-order chi connectivity index (χ1) is 11.5. The summed E-state index contributed by atoms with van der Waals surface area (Å²) in [5, 5.41) is 30.7. The summed E-state index contributed by atoms with van der Waals surface area (Å²) in [4.78, 5) is 13.2. The van der Waals surface area contributed by atoms with E-state index in [1.165, 1.54) is 24.9 Å². The average Bonchev–Trinajstić information content (AvgIpc) is 3.04. The lowest BCUT2D eigenvalue weighted by Gasteiger charge is -2.27. The summed E-state index contributed by atoms with van der Waals surface area (Å²) >= 11 is 0. The molecule has 1 saturated heterocycles. The molecular formula is C15H18N4O5. The number of hydrogen-bond donors (Lipinski definition) is 4. The van der Waals surface area contributed by atoms with E-state index >= 15 is 0 Å². The predicted molar refractivity (Wildman–Crippen MR) is 83.7 cm³/mol. The zero-order valence-electron chi connectivity index (χ0n) is 13.2. The Kier molecular flexibility index (Phi) is 4.16. The highest BCUT2D eigenvalue weighted by atomic mass is 16.6. The van der Waals surface area contributed by atoms with Crippen molar-refractivity contribution in [3.63, 3.8) is 0 Å². The summed E-state index contributed by atoms with van der Waals surface area (Å²) in [7, 11) is 1.44. The highest BCUT2D eigenvalue weighted by molar-refractivity contribution is 5.93. The van der Waals surface area contributed by atoms with Crippen LogP contribution in [0, 0.1) is 12.3 Å². The normalized spacial score (nSPS) is 29.8. The molecule has 3 rings (SSSR count). The first kappa shape index (κ1) is 16.6.